The summed E-state index contributed by atoms with van der Waals surface area (Å²) in [6.07, 6.45) is 2.93. The number of carbonyl (C=O) groups excluding carboxylic acids is 2. The van der Waals surface area contributed by atoms with Crippen LogP contribution in [-0.4, -0.2) is 34.7 Å². The number of nitrogens with zero attached hydrogens (tertiary/aromatic N) is 2. The summed E-state index contributed by atoms with van der Waals surface area (Å²) in [7, 11) is 2.14. The molecule has 2 heterocycles. The Morgan fingerprint density at radius 1 is 1.28 bits per heavy atom. The van der Waals surface area contributed by atoms with E-state index < -0.39 is 0 Å². The molecular formula is C20H26N2O2S. The van der Waals surface area contributed by atoms with Crippen molar-refractivity contribution in [2.45, 2.75) is 58.5 Å². The van der Waals surface area contributed by atoms with Crippen molar-refractivity contribution in [3.05, 3.63) is 34.2 Å². The molecule has 1 unspecified atom stereocenters. The van der Waals surface area contributed by atoms with Gasteiger partial charge in [0.15, 0.2) is 0 Å². The topological polar surface area (TPSA) is 40.6 Å². The maximum absolute atomic E-state index is 12.5. The lowest BCUT2D eigenvalue weighted by molar-refractivity contribution is -0.123. The average molecular weight is 359 g/mol. The lowest BCUT2D eigenvalue weighted by atomic mass is 9.80. The van der Waals surface area contributed by atoms with Gasteiger partial charge in [0.25, 0.3) is 11.1 Å². The van der Waals surface area contributed by atoms with Crippen molar-refractivity contribution >= 4 is 34.7 Å². The number of fused-ring (bicyclic) bond motifs is 1. The van der Waals surface area contributed by atoms with Crippen molar-refractivity contribution in [1.82, 2.24) is 4.90 Å². The van der Waals surface area contributed by atoms with Crippen LogP contribution in [0.25, 0.3) is 6.08 Å². The Labute approximate surface area is 154 Å². The van der Waals surface area contributed by atoms with Crippen LogP contribution in [0.1, 0.15) is 58.1 Å². The molecule has 5 heteroatoms. The standard InChI is InChI=1S/C20H26N2O2S/c1-12(2)22-18(23)17(25-19(22)24)10-14-7-8-16-15(9-14)13(3)11-20(4,5)21(16)6/h7-10,12-13H,11H2,1-6H3/b17-10+. The number of anilines is 1. The van der Waals surface area contributed by atoms with Crippen LogP contribution in [0.15, 0.2) is 23.1 Å². The molecule has 1 atom stereocenters. The lowest BCUT2D eigenvalue weighted by Crippen LogP contribution is -2.45. The van der Waals surface area contributed by atoms with Crippen LogP contribution in [-0.2, 0) is 4.79 Å². The highest BCUT2D eigenvalue weighted by atomic mass is 32.2. The Hall–Kier alpha value is -1.75. The molecule has 0 N–H and O–H groups in total. The van der Waals surface area contributed by atoms with Gasteiger partial charge < -0.3 is 4.90 Å². The molecule has 2 aliphatic heterocycles. The van der Waals surface area contributed by atoms with Gasteiger partial charge in [0, 0.05) is 24.3 Å². The number of amides is 2. The summed E-state index contributed by atoms with van der Waals surface area (Å²) in [5.41, 5.74) is 3.66. The third kappa shape index (κ3) is 3.10. The second-order valence-electron chi connectivity index (χ2n) is 7.94. The van der Waals surface area contributed by atoms with E-state index in [1.165, 1.54) is 16.2 Å². The van der Waals surface area contributed by atoms with Gasteiger partial charge in [-0.1, -0.05) is 13.0 Å². The zero-order valence-corrected chi connectivity index (χ0v) is 16.6. The van der Waals surface area contributed by atoms with Gasteiger partial charge >= 0.3 is 0 Å². The SMILES string of the molecule is CC1CC(C)(C)N(C)c2ccc(/C=C3/SC(=O)N(C(C)C)C3=O)cc21. The minimum absolute atomic E-state index is 0.113. The quantitative estimate of drug-likeness (QED) is 0.708. The first kappa shape index (κ1) is 18.1. The molecule has 25 heavy (non-hydrogen) atoms. The number of hydrogen-bond donors (Lipinski definition) is 0. The molecule has 4 nitrogen and oxygen atoms in total. The highest BCUT2D eigenvalue weighted by Crippen LogP contribution is 2.43. The van der Waals surface area contributed by atoms with Crippen LogP contribution in [0.3, 0.4) is 0 Å². The second kappa shape index (κ2) is 6.20. The third-order valence-corrected chi connectivity index (χ3v) is 6.18. The van der Waals surface area contributed by atoms with Crippen molar-refractivity contribution in [1.29, 1.82) is 0 Å². The molecule has 0 aliphatic carbocycles. The molecule has 0 saturated carbocycles. The molecule has 2 aliphatic rings. The van der Waals surface area contributed by atoms with Gasteiger partial charge in [-0.05, 0) is 81.1 Å². The van der Waals surface area contributed by atoms with E-state index >= 15 is 0 Å². The van der Waals surface area contributed by atoms with Crippen molar-refractivity contribution in [3.63, 3.8) is 0 Å². The maximum atomic E-state index is 12.5. The first-order valence-electron chi connectivity index (χ1n) is 8.76. The maximum Gasteiger partial charge on any atom is 0.293 e. The van der Waals surface area contributed by atoms with E-state index in [1.807, 2.05) is 26.0 Å². The molecule has 1 saturated heterocycles. The molecule has 0 radical (unpaired) electrons. The first-order chi connectivity index (χ1) is 11.6. The average Bonchev–Trinajstić information content (AvgIpc) is 2.79. The zero-order chi connectivity index (χ0) is 18.5. The van der Waals surface area contributed by atoms with Crippen LogP contribution in [0.2, 0.25) is 0 Å². The van der Waals surface area contributed by atoms with Crippen LogP contribution >= 0.6 is 11.8 Å². The van der Waals surface area contributed by atoms with E-state index in [1.54, 1.807) is 0 Å². The van der Waals surface area contributed by atoms with E-state index in [0.717, 1.165) is 23.7 Å². The Balaban J connectivity index is 1.95. The summed E-state index contributed by atoms with van der Waals surface area (Å²) in [6, 6.07) is 6.21. The number of benzene rings is 1. The fraction of sp³-hybridized carbons (Fsp3) is 0.500. The van der Waals surface area contributed by atoms with Gasteiger partial charge in [0.1, 0.15) is 0 Å². The van der Waals surface area contributed by atoms with Crippen LogP contribution in [0.4, 0.5) is 10.5 Å². The minimum atomic E-state index is -0.186. The van der Waals surface area contributed by atoms with Crippen LogP contribution in [0, 0.1) is 0 Å². The molecule has 2 amide bonds. The molecule has 134 valence electrons. The summed E-state index contributed by atoms with van der Waals surface area (Å²) in [5.74, 6) is 0.272. The van der Waals surface area contributed by atoms with Gasteiger partial charge in [0.2, 0.25) is 0 Å². The number of imide groups is 1. The molecule has 1 aromatic rings. The molecule has 0 aromatic heterocycles. The third-order valence-electron chi connectivity index (χ3n) is 5.30. The molecule has 3 rings (SSSR count). The van der Waals surface area contributed by atoms with E-state index in [9.17, 15) is 9.59 Å². The van der Waals surface area contributed by atoms with Gasteiger partial charge in [-0.15, -0.1) is 0 Å². The van der Waals surface area contributed by atoms with E-state index in [4.69, 9.17) is 0 Å². The summed E-state index contributed by atoms with van der Waals surface area (Å²) in [6.45, 7) is 10.5. The van der Waals surface area contributed by atoms with E-state index in [0.29, 0.717) is 10.8 Å². The molecular weight excluding hydrogens is 332 g/mol. The highest BCUT2D eigenvalue weighted by Gasteiger charge is 2.37. The van der Waals surface area contributed by atoms with Gasteiger partial charge in [0.05, 0.1) is 4.91 Å². The van der Waals surface area contributed by atoms with Crippen molar-refractivity contribution in [2.24, 2.45) is 0 Å². The number of thioether (sulfide) groups is 1. The lowest BCUT2D eigenvalue weighted by Gasteiger charge is -2.45. The van der Waals surface area contributed by atoms with Crippen molar-refractivity contribution in [3.8, 4) is 0 Å². The predicted octanol–water partition coefficient (Wildman–Crippen LogP) is 4.85. The Morgan fingerprint density at radius 2 is 1.96 bits per heavy atom. The zero-order valence-electron chi connectivity index (χ0n) is 15.8. The second-order valence-corrected chi connectivity index (χ2v) is 8.93. The summed E-state index contributed by atoms with van der Waals surface area (Å²) in [4.78, 5) is 28.7. The van der Waals surface area contributed by atoms with E-state index in [2.05, 4.69) is 44.9 Å². The largest absolute Gasteiger partial charge is 0.369 e. The highest BCUT2D eigenvalue weighted by molar-refractivity contribution is 8.18. The number of rotatable bonds is 2. The van der Waals surface area contributed by atoms with Crippen molar-refractivity contribution < 1.29 is 9.59 Å². The monoisotopic (exact) mass is 358 g/mol. The predicted molar refractivity (Wildman–Crippen MR) is 105 cm³/mol. The van der Waals surface area contributed by atoms with Gasteiger partial charge in [-0.3, -0.25) is 14.5 Å². The first-order valence-corrected chi connectivity index (χ1v) is 9.58. The molecule has 1 fully saturated rings. The summed E-state index contributed by atoms with van der Waals surface area (Å²) in [5, 5.41) is -0.181. The summed E-state index contributed by atoms with van der Waals surface area (Å²) >= 11 is 1.03. The fourth-order valence-corrected chi connectivity index (χ4v) is 4.72. The summed E-state index contributed by atoms with van der Waals surface area (Å²) < 4.78 is 0. The molecule has 0 bridgehead atoms. The normalized spacial score (nSPS) is 24.4. The van der Waals surface area contributed by atoms with Gasteiger partial charge in [-0.2, -0.15) is 0 Å². The Bertz CT molecular complexity index is 767. The Kier molecular flexibility index (Phi) is 4.48. The number of carbonyl (C=O) groups is 2. The fourth-order valence-electron chi connectivity index (χ4n) is 3.76. The molecule has 1 aromatic carbocycles. The minimum Gasteiger partial charge on any atom is -0.369 e. The molecule has 0 spiro atoms. The van der Waals surface area contributed by atoms with Crippen molar-refractivity contribution in [2.75, 3.05) is 11.9 Å². The Morgan fingerprint density at radius 3 is 2.56 bits per heavy atom. The van der Waals surface area contributed by atoms with Crippen LogP contribution < -0.4 is 4.90 Å². The van der Waals surface area contributed by atoms with Crippen LogP contribution in [0.5, 0.6) is 0 Å². The number of hydrogen-bond acceptors (Lipinski definition) is 4. The van der Waals surface area contributed by atoms with Gasteiger partial charge in [-0.25, -0.2) is 0 Å². The van der Waals surface area contributed by atoms with E-state index in [-0.39, 0.29) is 22.7 Å². The smallest absolute Gasteiger partial charge is 0.293 e.